The summed E-state index contributed by atoms with van der Waals surface area (Å²) in [7, 11) is 0. The van der Waals surface area contributed by atoms with Crippen molar-refractivity contribution in [3.8, 4) is 5.88 Å². The Labute approximate surface area is 183 Å². The lowest BCUT2D eigenvalue weighted by Crippen LogP contribution is -2.34. The van der Waals surface area contributed by atoms with Gasteiger partial charge in [0.15, 0.2) is 5.82 Å². The van der Waals surface area contributed by atoms with E-state index in [1.807, 2.05) is 0 Å². The number of nitrogens with one attached hydrogen (secondary N) is 1. The Balaban J connectivity index is 1.33. The second-order valence-corrected chi connectivity index (χ2v) is 8.46. The smallest absolute Gasteiger partial charge is 0.324 e. The van der Waals surface area contributed by atoms with E-state index < -0.39 is 6.10 Å². The number of piperidine rings is 1. The van der Waals surface area contributed by atoms with Crippen molar-refractivity contribution in [3.63, 3.8) is 0 Å². The van der Waals surface area contributed by atoms with Crippen LogP contribution >= 0.6 is 0 Å². The highest BCUT2D eigenvalue weighted by molar-refractivity contribution is 5.93. The SMILES string of the molecule is CC(O)CNC(=O)c1ccc(OCCCC2CCN(c3nc(C(C)C)no3)CC2)nc1. The molecule has 0 saturated carbocycles. The molecule has 2 N–H and O–H groups in total. The number of hydrogen-bond donors (Lipinski definition) is 2. The van der Waals surface area contributed by atoms with Crippen LogP contribution in [-0.4, -0.2) is 58.5 Å². The summed E-state index contributed by atoms with van der Waals surface area (Å²) in [6.45, 7) is 8.42. The molecule has 1 unspecified atom stereocenters. The molecule has 3 rings (SSSR count). The van der Waals surface area contributed by atoms with E-state index in [9.17, 15) is 9.90 Å². The van der Waals surface area contributed by atoms with Crippen molar-refractivity contribution in [2.45, 2.75) is 58.5 Å². The Kier molecular flexibility index (Phi) is 8.22. The predicted octanol–water partition coefficient (Wildman–Crippen LogP) is 2.77. The minimum Gasteiger partial charge on any atom is -0.478 e. The van der Waals surface area contributed by atoms with Crippen LogP contribution in [0.1, 0.15) is 68.6 Å². The van der Waals surface area contributed by atoms with E-state index in [2.05, 4.69) is 39.2 Å². The molecular weight excluding hydrogens is 398 g/mol. The number of amides is 1. The van der Waals surface area contributed by atoms with Crippen LogP contribution in [0.4, 0.5) is 6.01 Å². The molecule has 0 bridgehead atoms. The number of rotatable bonds is 10. The van der Waals surface area contributed by atoms with Gasteiger partial charge in [-0.15, -0.1) is 0 Å². The lowest BCUT2D eigenvalue weighted by atomic mass is 9.92. The summed E-state index contributed by atoms with van der Waals surface area (Å²) in [5.41, 5.74) is 0.446. The van der Waals surface area contributed by atoms with E-state index >= 15 is 0 Å². The fourth-order valence-electron chi connectivity index (χ4n) is 3.49. The third-order valence-corrected chi connectivity index (χ3v) is 5.40. The minimum atomic E-state index is -0.580. The third-order valence-electron chi connectivity index (χ3n) is 5.40. The highest BCUT2D eigenvalue weighted by Crippen LogP contribution is 2.26. The Morgan fingerprint density at radius 1 is 1.32 bits per heavy atom. The van der Waals surface area contributed by atoms with Crippen LogP contribution in [0.5, 0.6) is 5.88 Å². The Bertz CT molecular complexity index is 814. The largest absolute Gasteiger partial charge is 0.478 e. The molecule has 1 aliphatic heterocycles. The first-order valence-corrected chi connectivity index (χ1v) is 11.1. The van der Waals surface area contributed by atoms with Gasteiger partial charge in [-0.2, -0.15) is 4.98 Å². The van der Waals surface area contributed by atoms with Gasteiger partial charge in [0, 0.05) is 37.8 Å². The second-order valence-electron chi connectivity index (χ2n) is 8.46. The van der Waals surface area contributed by atoms with E-state index in [0.29, 0.717) is 30.0 Å². The first-order valence-electron chi connectivity index (χ1n) is 11.1. The van der Waals surface area contributed by atoms with Crippen LogP contribution in [0.15, 0.2) is 22.9 Å². The number of aliphatic hydroxyl groups is 1. The average molecular weight is 432 g/mol. The number of carbonyl (C=O) groups excluding carboxylic acids is 1. The lowest BCUT2D eigenvalue weighted by Gasteiger charge is -2.30. The predicted molar refractivity (Wildman–Crippen MR) is 116 cm³/mol. The summed E-state index contributed by atoms with van der Waals surface area (Å²) in [4.78, 5) is 22.8. The third kappa shape index (κ3) is 6.92. The number of aliphatic hydroxyl groups excluding tert-OH is 1. The maximum atomic E-state index is 11.9. The van der Waals surface area contributed by atoms with Crippen LogP contribution in [0.2, 0.25) is 0 Å². The van der Waals surface area contributed by atoms with Crippen LogP contribution in [0, 0.1) is 5.92 Å². The van der Waals surface area contributed by atoms with Crippen molar-refractivity contribution >= 4 is 11.9 Å². The maximum absolute atomic E-state index is 11.9. The number of ether oxygens (including phenoxy) is 1. The van der Waals surface area contributed by atoms with Gasteiger partial charge in [-0.05, 0) is 44.6 Å². The molecule has 1 atom stereocenters. The van der Waals surface area contributed by atoms with Crippen molar-refractivity contribution < 1.29 is 19.2 Å². The second kappa shape index (κ2) is 11.1. The average Bonchev–Trinajstić information content (AvgIpc) is 3.26. The van der Waals surface area contributed by atoms with Gasteiger partial charge in [0.05, 0.1) is 18.3 Å². The topological polar surface area (TPSA) is 114 Å². The van der Waals surface area contributed by atoms with E-state index in [0.717, 1.165) is 44.6 Å². The van der Waals surface area contributed by atoms with Gasteiger partial charge in [-0.3, -0.25) is 4.79 Å². The van der Waals surface area contributed by atoms with Crippen molar-refractivity contribution in [2.75, 3.05) is 31.1 Å². The Hall–Kier alpha value is -2.68. The molecule has 0 aliphatic carbocycles. The quantitative estimate of drug-likeness (QED) is 0.552. The molecule has 0 radical (unpaired) electrons. The molecule has 31 heavy (non-hydrogen) atoms. The van der Waals surface area contributed by atoms with E-state index in [4.69, 9.17) is 9.26 Å². The van der Waals surface area contributed by atoms with E-state index in [1.54, 1.807) is 19.1 Å². The van der Waals surface area contributed by atoms with Crippen LogP contribution in [0.3, 0.4) is 0 Å². The molecule has 1 amide bonds. The standard InChI is InChI=1S/C22H33N5O4/c1-15(2)20-25-22(31-26-20)27-10-8-17(9-11-27)5-4-12-30-19-7-6-18(14-23-19)21(29)24-13-16(3)28/h6-7,14-17,28H,4-5,8-13H2,1-3H3,(H,24,29). The zero-order valence-corrected chi connectivity index (χ0v) is 18.6. The van der Waals surface area contributed by atoms with Gasteiger partial charge in [0.1, 0.15) is 0 Å². The summed E-state index contributed by atoms with van der Waals surface area (Å²) >= 11 is 0. The molecule has 9 nitrogen and oxygen atoms in total. The summed E-state index contributed by atoms with van der Waals surface area (Å²) in [6.07, 6.45) is 5.19. The lowest BCUT2D eigenvalue weighted by molar-refractivity contribution is 0.0923. The van der Waals surface area contributed by atoms with Gasteiger partial charge >= 0.3 is 6.01 Å². The molecule has 2 aromatic rings. The summed E-state index contributed by atoms with van der Waals surface area (Å²) in [6, 6.07) is 4.02. The van der Waals surface area contributed by atoms with Crippen LogP contribution < -0.4 is 15.0 Å². The summed E-state index contributed by atoms with van der Waals surface area (Å²) < 4.78 is 11.1. The monoisotopic (exact) mass is 431 g/mol. The number of nitrogens with zero attached hydrogens (tertiary/aromatic N) is 4. The van der Waals surface area contributed by atoms with Crippen molar-refractivity contribution in [1.29, 1.82) is 0 Å². The van der Waals surface area contributed by atoms with Crippen molar-refractivity contribution in [2.24, 2.45) is 5.92 Å². The van der Waals surface area contributed by atoms with Crippen molar-refractivity contribution in [1.82, 2.24) is 20.4 Å². The van der Waals surface area contributed by atoms with Gasteiger partial charge < -0.3 is 24.6 Å². The van der Waals surface area contributed by atoms with Crippen molar-refractivity contribution in [3.05, 3.63) is 29.7 Å². The number of pyridine rings is 1. The van der Waals surface area contributed by atoms with Gasteiger partial charge in [0.2, 0.25) is 5.88 Å². The zero-order chi connectivity index (χ0) is 22.2. The fourth-order valence-corrected chi connectivity index (χ4v) is 3.49. The molecule has 1 saturated heterocycles. The molecule has 170 valence electrons. The molecule has 2 aromatic heterocycles. The molecule has 1 fully saturated rings. The Morgan fingerprint density at radius 2 is 2.10 bits per heavy atom. The summed E-state index contributed by atoms with van der Waals surface area (Å²) in [5, 5.41) is 15.9. The zero-order valence-electron chi connectivity index (χ0n) is 18.6. The van der Waals surface area contributed by atoms with E-state index in [-0.39, 0.29) is 18.4 Å². The summed E-state index contributed by atoms with van der Waals surface area (Å²) in [5.74, 6) is 1.95. The van der Waals surface area contributed by atoms with Crippen LogP contribution in [0.25, 0.3) is 0 Å². The molecule has 1 aliphatic rings. The maximum Gasteiger partial charge on any atom is 0.324 e. The van der Waals surface area contributed by atoms with E-state index in [1.165, 1.54) is 6.20 Å². The van der Waals surface area contributed by atoms with Gasteiger partial charge in [-0.1, -0.05) is 19.0 Å². The molecular formula is C22H33N5O4. The molecule has 0 aromatic carbocycles. The number of anilines is 1. The van der Waals surface area contributed by atoms with Gasteiger partial charge in [-0.25, -0.2) is 4.98 Å². The van der Waals surface area contributed by atoms with Gasteiger partial charge in [0.25, 0.3) is 5.91 Å². The molecule has 3 heterocycles. The fraction of sp³-hybridized carbons (Fsp3) is 0.636. The number of carbonyl (C=O) groups is 1. The highest BCUT2D eigenvalue weighted by Gasteiger charge is 2.23. The normalized spacial score (nSPS) is 15.8. The highest BCUT2D eigenvalue weighted by atomic mass is 16.5. The minimum absolute atomic E-state index is 0.212. The number of hydrogen-bond acceptors (Lipinski definition) is 8. The first kappa shape index (κ1) is 23.0. The first-order chi connectivity index (χ1) is 14.9. The Morgan fingerprint density at radius 3 is 2.71 bits per heavy atom. The van der Waals surface area contributed by atoms with Crippen LogP contribution in [-0.2, 0) is 0 Å². The molecule has 9 heteroatoms. The number of aromatic nitrogens is 3. The molecule has 0 spiro atoms.